The molecule has 0 aliphatic carbocycles. The lowest BCUT2D eigenvalue weighted by Crippen LogP contribution is -2.30. The Balaban J connectivity index is 5.20. The van der Waals surface area contributed by atoms with Gasteiger partial charge in [0.15, 0.2) is 12.2 Å². The smallest absolute Gasteiger partial charge is 0.462 e. The van der Waals surface area contributed by atoms with Crippen LogP contribution in [0.15, 0.2) is 0 Å². The van der Waals surface area contributed by atoms with E-state index in [9.17, 15) is 43.2 Å². The first kappa shape index (κ1) is 106. The second kappa shape index (κ2) is 80.3. The van der Waals surface area contributed by atoms with Crippen LogP contribution in [-0.4, -0.2) is 96.7 Å². The minimum atomic E-state index is -4.97. The molecule has 0 aromatic rings. The van der Waals surface area contributed by atoms with Crippen molar-refractivity contribution in [3.8, 4) is 0 Å². The Bertz CT molecular complexity index is 2060. The maximum atomic E-state index is 13.2. The van der Waals surface area contributed by atoms with Crippen molar-refractivity contribution in [1.29, 1.82) is 0 Å². The average Bonchev–Trinajstić information content (AvgIpc) is 0.902. The molecule has 5 atom stereocenters. The third-order valence-electron chi connectivity index (χ3n) is 21.0. The van der Waals surface area contributed by atoms with Gasteiger partial charge >= 0.3 is 39.5 Å². The van der Waals surface area contributed by atoms with E-state index >= 15 is 0 Å². The largest absolute Gasteiger partial charge is 0.472 e. The highest BCUT2D eigenvalue weighted by atomic mass is 31.2. The molecule has 0 saturated carbocycles. The molecule has 0 fully saturated rings. The predicted molar refractivity (Wildman–Crippen MR) is 446 cm³/mol. The lowest BCUT2D eigenvalue weighted by Gasteiger charge is -2.21. The van der Waals surface area contributed by atoms with Crippen molar-refractivity contribution in [3.05, 3.63) is 0 Å². The maximum absolute atomic E-state index is 13.2. The second-order valence-electron chi connectivity index (χ2n) is 32.9. The van der Waals surface area contributed by atoms with E-state index in [0.29, 0.717) is 25.7 Å². The number of phosphoric ester groups is 2. The summed E-state index contributed by atoms with van der Waals surface area (Å²) in [4.78, 5) is 73.3. The van der Waals surface area contributed by atoms with Gasteiger partial charge in [0.25, 0.3) is 0 Å². The summed E-state index contributed by atoms with van der Waals surface area (Å²) in [5.41, 5.74) is 0. The summed E-state index contributed by atoms with van der Waals surface area (Å²) >= 11 is 0. The van der Waals surface area contributed by atoms with Crippen molar-refractivity contribution >= 4 is 39.5 Å². The number of esters is 4. The Morgan fingerprint density at radius 3 is 0.630 bits per heavy atom. The first-order chi connectivity index (χ1) is 52.4. The number of phosphoric acid groups is 2. The molecule has 0 aromatic heterocycles. The topological polar surface area (TPSA) is 237 Å². The molecule has 0 heterocycles. The van der Waals surface area contributed by atoms with E-state index in [2.05, 4.69) is 41.5 Å². The van der Waals surface area contributed by atoms with Crippen LogP contribution >= 0.6 is 15.6 Å². The van der Waals surface area contributed by atoms with Crippen molar-refractivity contribution in [2.24, 2.45) is 11.8 Å². The van der Waals surface area contributed by atoms with E-state index in [0.717, 1.165) is 102 Å². The lowest BCUT2D eigenvalue weighted by atomic mass is 10.0. The molecule has 2 unspecified atom stereocenters. The van der Waals surface area contributed by atoms with E-state index in [1.807, 2.05) is 0 Å². The third kappa shape index (κ3) is 82.1. The number of hydrogen-bond donors (Lipinski definition) is 3. The number of hydrogen-bond acceptors (Lipinski definition) is 15. The molecule has 0 amide bonds. The fraction of sp³-hybridized carbons (Fsp3) is 0.955. The predicted octanol–water partition coefficient (Wildman–Crippen LogP) is 27.4. The average molecular weight is 1580 g/mol. The fourth-order valence-corrected chi connectivity index (χ4v) is 15.5. The fourth-order valence-electron chi connectivity index (χ4n) is 14.0. The van der Waals surface area contributed by atoms with Crippen LogP contribution in [0.4, 0.5) is 0 Å². The molecule has 0 spiro atoms. The van der Waals surface area contributed by atoms with Crippen molar-refractivity contribution in [2.75, 3.05) is 39.6 Å². The molecule has 17 nitrogen and oxygen atoms in total. The molecule has 0 aliphatic heterocycles. The maximum Gasteiger partial charge on any atom is 0.472 e. The van der Waals surface area contributed by atoms with Gasteiger partial charge in [-0.1, -0.05) is 427 Å². The zero-order valence-electron chi connectivity index (χ0n) is 71.2. The van der Waals surface area contributed by atoms with Crippen LogP contribution in [0.25, 0.3) is 0 Å². The van der Waals surface area contributed by atoms with E-state index in [1.54, 1.807) is 0 Å². The highest BCUT2D eigenvalue weighted by molar-refractivity contribution is 7.47. The van der Waals surface area contributed by atoms with Gasteiger partial charge < -0.3 is 33.8 Å². The van der Waals surface area contributed by atoms with Gasteiger partial charge in [0.1, 0.15) is 19.3 Å². The standard InChI is InChI=1S/C89H174O17P2/c1-7-9-11-13-15-17-18-19-20-21-22-23-27-32-37-42-48-54-60-66-72-87(92)100-78-85(106-89(94)73-67-61-55-49-43-38-33-28-25-24-26-30-35-40-46-51-57-63-69-81(3)4)80-104-108(97,98)102-76-83(90)75-101-107(95,96)103-79-84(77-99-86(91)71-65-59-53-45-16-14-12-10-8-2)105-88(93)74-68-62-56-50-44-39-34-29-31-36-41-47-52-58-64-70-82(5)6/h81-85,90H,7-80H2,1-6H3,(H,95,96)(H,97,98)/t83-,84+,85+/m0/s1. The van der Waals surface area contributed by atoms with Gasteiger partial charge in [0, 0.05) is 25.7 Å². The van der Waals surface area contributed by atoms with Crippen LogP contribution < -0.4 is 0 Å². The summed E-state index contributed by atoms with van der Waals surface area (Å²) in [6.45, 7) is 9.73. The van der Waals surface area contributed by atoms with Crippen LogP contribution in [0.5, 0.6) is 0 Å². The summed E-state index contributed by atoms with van der Waals surface area (Å²) < 4.78 is 68.9. The molecule has 0 radical (unpaired) electrons. The van der Waals surface area contributed by atoms with Gasteiger partial charge in [0.2, 0.25) is 0 Å². The number of aliphatic hydroxyl groups excluding tert-OH is 1. The van der Waals surface area contributed by atoms with Gasteiger partial charge in [0.05, 0.1) is 26.4 Å². The number of unbranched alkanes of at least 4 members (excludes halogenated alkanes) is 58. The second-order valence-corrected chi connectivity index (χ2v) is 35.8. The lowest BCUT2D eigenvalue weighted by molar-refractivity contribution is -0.161. The normalized spacial score (nSPS) is 13.8. The Morgan fingerprint density at radius 1 is 0.250 bits per heavy atom. The van der Waals surface area contributed by atoms with Crippen molar-refractivity contribution in [2.45, 2.75) is 496 Å². The van der Waals surface area contributed by atoms with Gasteiger partial charge in [-0.3, -0.25) is 37.3 Å². The third-order valence-corrected chi connectivity index (χ3v) is 22.9. The van der Waals surface area contributed by atoms with Crippen molar-refractivity contribution in [1.82, 2.24) is 0 Å². The number of rotatable bonds is 88. The molecule has 3 N–H and O–H groups in total. The Morgan fingerprint density at radius 2 is 0.426 bits per heavy atom. The molecule has 0 aromatic carbocycles. The molecular weight excluding hydrogens is 1400 g/mol. The summed E-state index contributed by atoms with van der Waals surface area (Å²) in [5, 5.41) is 10.7. The number of aliphatic hydroxyl groups is 1. The summed E-state index contributed by atoms with van der Waals surface area (Å²) in [7, 11) is -9.93. The quantitative estimate of drug-likeness (QED) is 0.0222. The molecule has 0 rings (SSSR count). The van der Waals surface area contributed by atoms with E-state index in [4.69, 9.17) is 37.0 Å². The summed E-state index contributed by atoms with van der Waals surface area (Å²) in [6.07, 6.45) is 73.7. The minimum absolute atomic E-state index is 0.108. The number of carbonyl (C=O) groups excluding carboxylic acids is 4. The van der Waals surface area contributed by atoms with Gasteiger partial charge in [-0.15, -0.1) is 0 Å². The molecule has 0 aliphatic rings. The molecule has 0 bridgehead atoms. The Kier molecular flexibility index (Phi) is 78.8. The van der Waals surface area contributed by atoms with Crippen LogP contribution in [-0.2, 0) is 65.4 Å². The van der Waals surface area contributed by atoms with Crippen LogP contribution in [0.3, 0.4) is 0 Å². The highest BCUT2D eigenvalue weighted by Crippen LogP contribution is 2.45. The number of carbonyl (C=O) groups is 4. The van der Waals surface area contributed by atoms with Crippen molar-refractivity contribution < 1.29 is 80.2 Å². The SMILES string of the molecule is CCCCCCCCCCCCCCCCCCCCCCC(=O)OC[C@H](COP(=O)(O)OC[C@@H](O)COP(=O)(O)OC[C@@H](COC(=O)CCCCCCCCCCC)OC(=O)CCCCCCCCCCCCCCCCCC(C)C)OC(=O)CCCCCCCCCCCCCCCCCCCCC(C)C. The monoisotopic (exact) mass is 1580 g/mol. The van der Waals surface area contributed by atoms with E-state index in [1.165, 1.54) is 295 Å². The van der Waals surface area contributed by atoms with E-state index in [-0.39, 0.29) is 25.7 Å². The van der Waals surface area contributed by atoms with Gasteiger partial charge in [-0.2, -0.15) is 0 Å². The van der Waals surface area contributed by atoms with Crippen LogP contribution in [0, 0.1) is 11.8 Å². The van der Waals surface area contributed by atoms with Crippen LogP contribution in [0.1, 0.15) is 478 Å². The van der Waals surface area contributed by atoms with E-state index < -0.39 is 97.5 Å². The molecular formula is C89H174O17P2. The molecule has 108 heavy (non-hydrogen) atoms. The van der Waals surface area contributed by atoms with Gasteiger partial charge in [-0.25, -0.2) is 9.13 Å². The minimum Gasteiger partial charge on any atom is -0.462 e. The Hall–Kier alpha value is -1.94. The molecule has 642 valence electrons. The highest BCUT2D eigenvalue weighted by Gasteiger charge is 2.31. The van der Waals surface area contributed by atoms with Crippen LogP contribution in [0.2, 0.25) is 0 Å². The first-order valence-corrected chi connectivity index (χ1v) is 49.0. The summed E-state index contributed by atoms with van der Waals surface area (Å²) in [6, 6.07) is 0. The zero-order chi connectivity index (χ0) is 79.2. The van der Waals surface area contributed by atoms with Crippen molar-refractivity contribution in [3.63, 3.8) is 0 Å². The number of ether oxygens (including phenoxy) is 4. The zero-order valence-corrected chi connectivity index (χ0v) is 73.0. The summed E-state index contributed by atoms with van der Waals surface area (Å²) in [5.74, 6) is -0.476. The molecule has 19 heteroatoms. The molecule has 0 saturated heterocycles. The Labute approximate surface area is 664 Å². The first-order valence-electron chi connectivity index (χ1n) is 46.0. The van der Waals surface area contributed by atoms with Gasteiger partial charge in [-0.05, 0) is 37.5 Å².